The molecular weight excluding hydrogens is 236 g/mol. The summed E-state index contributed by atoms with van der Waals surface area (Å²) in [6, 6.07) is 0. The first-order valence-corrected chi connectivity index (χ1v) is 4.52. The van der Waals surface area contributed by atoms with Crippen molar-refractivity contribution in [1.29, 1.82) is 0 Å². The number of nitrogens with zero attached hydrogens (tertiary/aromatic N) is 1. The zero-order chi connectivity index (χ0) is 11.9. The minimum atomic E-state index is -3.44. The first-order chi connectivity index (χ1) is 6.59. The van der Waals surface area contributed by atoms with Crippen LogP contribution < -0.4 is 0 Å². The van der Waals surface area contributed by atoms with Gasteiger partial charge < -0.3 is 15.3 Å². The summed E-state index contributed by atoms with van der Waals surface area (Å²) in [7, 11) is 0. The number of alkyl halides is 3. The minimum absolute atomic E-state index is 0.300. The molecule has 1 amide bonds. The molecule has 0 aromatic carbocycles. The molecule has 1 heterocycles. The smallest absolute Gasteiger partial charge is 0.325 e. The second kappa shape index (κ2) is 3.82. The summed E-state index contributed by atoms with van der Waals surface area (Å²) >= 11 is 4.67. The van der Waals surface area contributed by atoms with Crippen LogP contribution in [0.4, 0.5) is 8.78 Å². The Morgan fingerprint density at radius 1 is 1.47 bits per heavy atom. The second-order valence-electron chi connectivity index (χ2n) is 3.49. The number of amides is 1. The molecule has 1 rings (SSSR count). The number of aliphatic hydroxyl groups is 3. The van der Waals surface area contributed by atoms with Gasteiger partial charge in [-0.05, 0) is 17.5 Å². The van der Waals surface area contributed by atoms with Gasteiger partial charge in [-0.15, -0.1) is 0 Å². The SMILES string of the molecule is O=C1CC(CC(F)(F)Cl)CN1C(O)(O)O. The Morgan fingerprint density at radius 2 is 2.00 bits per heavy atom. The van der Waals surface area contributed by atoms with E-state index in [0.29, 0.717) is 4.90 Å². The van der Waals surface area contributed by atoms with Crippen molar-refractivity contribution >= 4 is 17.5 Å². The molecule has 0 aromatic heterocycles. The normalized spacial score (nSPS) is 23.7. The van der Waals surface area contributed by atoms with Gasteiger partial charge in [0, 0.05) is 19.4 Å². The maximum Gasteiger partial charge on any atom is 0.371 e. The van der Waals surface area contributed by atoms with Crippen molar-refractivity contribution < 1.29 is 28.9 Å². The zero-order valence-electron chi connectivity index (χ0n) is 7.53. The van der Waals surface area contributed by atoms with Gasteiger partial charge in [-0.2, -0.15) is 8.78 Å². The highest BCUT2D eigenvalue weighted by molar-refractivity contribution is 6.21. The van der Waals surface area contributed by atoms with Crippen molar-refractivity contribution in [3.05, 3.63) is 0 Å². The van der Waals surface area contributed by atoms with Crippen LogP contribution in [-0.4, -0.2) is 44.2 Å². The largest absolute Gasteiger partial charge is 0.371 e. The van der Waals surface area contributed by atoms with Gasteiger partial charge in [0.25, 0.3) is 0 Å². The van der Waals surface area contributed by atoms with E-state index in [2.05, 4.69) is 11.6 Å². The van der Waals surface area contributed by atoms with E-state index in [0.717, 1.165) is 0 Å². The summed E-state index contributed by atoms with van der Waals surface area (Å²) in [5.74, 6) is -1.62. The molecule has 0 bridgehead atoms. The summed E-state index contributed by atoms with van der Waals surface area (Å²) in [4.78, 5) is 11.4. The maximum atomic E-state index is 12.4. The van der Waals surface area contributed by atoms with Gasteiger partial charge in [0.05, 0.1) is 0 Å². The van der Waals surface area contributed by atoms with Gasteiger partial charge in [0.15, 0.2) is 0 Å². The van der Waals surface area contributed by atoms with Gasteiger partial charge in [-0.3, -0.25) is 9.69 Å². The summed E-state index contributed by atoms with van der Waals surface area (Å²) in [5, 5.41) is 22.7. The molecule has 3 N–H and O–H groups in total. The molecule has 0 aromatic rings. The molecule has 0 spiro atoms. The van der Waals surface area contributed by atoms with Crippen LogP contribution in [0.5, 0.6) is 0 Å². The van der Waals surface area contributed by atoms with Crippen LogP contribution in [0.1, 0.15) is 12.8 Å². The Labute approximate surface area is 88.9 Å². The van der Waals surface area contributed by atoms with Gasteiger partial charge in [-0.1, -0.05) is 0 Å². The molecule has 5 nitrogen and oxygen atoms in total. The first-order valence-electron chi connectivity index (χ1n) is 4.14. The molecule has 1 atom stereocenters. The molecule has 1 aliphatic rings. The predicted octanol–water partition coefficient (Wildman–Crippen LogP) is -0.355. The van der Waals surface area contributed by atoms with Gasteiger partial charge in [0.1, 0.15) is 0 Å². The Morgan fingerprint density at radius 3 is 2.33 bits per heavy atom. The predicted molar refractivity (Wildman–Crippen MR) is 44.6 cm³/mol. The van der Waals surface area contributed by atoms with E-state index in [-0.39, 0.29) is 13.0 Å². The molecular formula is C7H10ClF2NO4. The molecule has 1 unspecified atom stereocenters. The molecule has 1 saturated heterocycles. The molecule has 88 valence electrons. The fourth-order valence-corrected chi connectivity index (χ4v) is 1.75. The van der Waals surface area contributed by atoms with Gasteiger partial charge in [-0.25, -0.2) is 0 Å². The van der Waals surface area contributed by atoms with Crippen LogP contribution >= 0.6 is 11.6 Å². The van der Waals surface area contributed by atoms with Crippen LogP contribution in [0.25, 0.3) is 0 Å². The van der Waals surface area contributed by atoms with Gasteiger partial charge >= 0.3 is 11.5 Å². The third-order valence-electron chi connectivity index (χ3n) is 2.09. The third-order valence-corrected chi connectivity index (χ3v) is 2.24. The van der Waals surface area contributed by atoms with Crippen molar-refractivity contribution in [2.75, 3.05) is 6.54 Å². The van der Waals surface area contributed by atoms with Crippen LogP contribution in [-0.2, 0) is 4.79 Å². The molecule has 8 heteroatoms. The van der Waals surface area contributed by atoms with E-state index < -0.39 is 29.7 Å². The quantitative estimate of drug-likeness (QED) is 0.469. The molecule has 0 radical (unpaired) electrons. The maximum absolute atomic E-state index is 12.4. The average molecular weight is 246 g/mol. The van der Waals surface area contributed by atoms with E-state index >= 15 is 0 Å². The topological polar surface area (TPSA) is 81.0 Å². The highest BCUT2D eigenvalue weighted by atomic mass is 35.5. The van der Waals surface area contributed by atoms with Crippen molar-refractivity contribution in [2.45, 2.75) is 24.3 Å². The third kappa shape index (κ3) is 3.53. The highest BCUT2D eigenvalue weighted by Gasteiger charge is 2.44. The number of hydrogen-bond acceptors (Lipinski definition) is 4. The Bertz CT molecular complexity index is 263. The standard InChI is InChI=1S/C7H10ClF2NO4/c8-6(9,10)2-4-1-5(12)11(3-4)7(13,14)15/h4,13-15H,1-3H2. The fraction of sp³-hybridized carbons (Fsp3) is 0.857. The highest BCUT2D eigenvalue weighted by Crippen LogP contribution is 2.33. The lowest BCUT2D eigenvalue weighted by atomic mass is 10.1. The first kappa shape index (κ1) is 12.6. The zero-order valence-corrected chi connectivity index (χ0v) is 8.29. The van der Waals surface area contributed by atoms with Crippen molar-refractivity contribution in [3.63, 3.8) is 0 Å². The average Bonchev–Trinajstić information content (AvgIpc) is 2.25. The molecule has 1 fully saturated rings. The minimum Gasteiger partial charge on any atom is -0.325 e. The van der Waals surface area contributed by atoms with Crippen LogP contribution in [0.3, 0.4) is 0 Å². The van der Waals surface area contributed by atoms with Crippen molar-refractivity contribution in [3.8, 4) is 0 Å². The van der Waals surface area contributed by atoms with Crippen molar-refractivity contribution in [2.24, 2.45) is 5.92 Å². The van der Waals surface area contributed by atoms with E-state index in [1.807, 2.05) is 0 Å². The van der Waals surface area contributed by atoms with E-state index in [1.54, 1.807) is 0 Å². The number of halogens is 3. The molecule has 0 aliphatic carbocycles. The lowest BCUT2D eigenvalue weighted by Crippen LogP contribution is -2.49. The fourth-order valence-electron chi connectivity index (χ4n) is 1.54. The second-order valence-corrected chi connectivity index (χ2v) is 4.05. The summed E-state index contributed by atoms with van der Waals surface area (Å²) in [5.41, 5.74) is 0. The number of hydrogen-bond donors (Lipinski definition) is 3. The Kier molecular flexibility index (Phi) is 3.20. The Balaban J connectivity index is 2.61. The van der Waals surface area contributed by atoms with Crippen LogP contribution in [0, 0.1) is 5.92 Å². The van der Waals surface area contributed by atoms with Gasteiger partial charge in [0.2, 0.25) is 5.91 Å². The Hall–Kier alpha value is -0.500. The number of rotatable bonds is 3. The number of likely N-dealkylation sites (tertiary alicyclic amines) is 1. The molecule has 1 aliphatic heterocycles. The lowest BCUT2D eigenvalue weighted by molar-refractivity contribution is -0.380. The van der Waals surface area contributed by atoms with E-state index in [9.17, 15) is 13.6 Å². The molecule has 0 saturated carbocycles. The summed E-state index contributed by atoms with van der Waals surface area (Å²) in [6.45, 7) is -0.370. The van der Waals surface area contributed by atoms with Crippen LogP contribution in [0.2, 0.25) is 0 Å². The summed E-state index contributed by atoms with van der Waals surface area (Å²) < 4.78 is 24.7. The van der Waals surface area contributed by atoms with Crippen LogP contribution in [0.15, 0.2) is 0 Å². The van der Waals surface area contributed by atoms with E-state index in [1.165, 1.54) is 0 Å². The molecule has 15 heavy (non-hydrogen) atoms. The van der Waals surface area contributed by atoms with E-state index in [4.69, 9.17) is 15.3 Å². The number of carbonyl (C=O) groups is 1. The monoisotopic (exact) mass is 245 g/mol. The lowest BCUT2D eigenvalue weighted by Gasteiger charge is -2.26. The summed E-state index contributed by atoms with van der Waals surface area (Å²) in [6.07, 6.45) is -4.36. The van der Waals surface area contributed by atoms with Crippen molar-refractivity contribution in [1.82, 2.24) is 4.90 Å². The number of carbonyl (C=O) groups excluding carboxylic acids is 1.